The Morgan fingerprint density at radius 3 is 2.77 bits per heavy atom. The van der Waals surface area contributed by atoms with Gasteiger partial charge in [-0.2, -0.15) is 0 Å². The molecule has 0 heterocycles. The molecule has 0 aromatic carbocycles. The van der Waals surface area contributed by atoms with Crippen LogP contribution in [0.4, 0.5) is 0 Å². The number of halogens is 1. The maximum atomic E-state index is 6.00. The molecule has 1 N–H and O–H groups in total. The van der Waals surface area contributed by atoms with Crippen LogP contribution < -0.4 is 5.32 Å². The lowest BCUT2D eigenvalue weighted by Crippen LogP contribution is -2.29. The summed E-state index contributed by atoms with van der Waals surface area (Å²) in [6.07, 6.45) is 6.47. The van der Waals surface area contributed by atoms with E-state index in [1.807, 2.05) is 0 Å². The summed E-state index contributed by atoms with van der Waals surface area (Å²) >= 11 is 6.00. The van der Waals surface area contributed by atoms with Crippen molar-refractivity contribution in [3.05, 3.63) is 0 Å². The second kappa shape index (κ2) is 6.63. The lowest BCUT2D eigenvalue weighted by molar-refractivity contribution is 0.195. The fourth-order valence-corrected chi connectivity index (χ4v) is 2.07. The van der Waals surface area contributed by atoms with E-state index in [1.165, 1.54) is 25.7 Å². The third-order valence-corrected chi connectivity index (χ3v) is 2.94. The molecule has 1 aliphatic carbocycles. The van der Waals surface area contributed by atoms with Crippen LogP contribution in [-0.2, 0) is 4.74 Å². The summed E-state index contributed by atoms with van der Waals surface area (Å²) in [6.45, 7) is 1.69. The summed E-state index contributed by atoms with van der Waals surface area (Å²) in [7, 11) is 1.69. The van der Waals surface area contributed by atoms with Gasteiger partial charge in [0.1, 0.15) is 0 Å². The van der Waals surface area contributed by atoms with Gasteiger partial charge in [0.25, 0.3) is 0 Å². The molecule has 0 radical (unpaired) electrons. The minimum absolute atomic E-state index is 0.166. The molecule has 13 heavy (non-hydrogen) atoms. The quantitative estimate of drug-likeness (QED) is 0.672. The van der Waals surface area contributed by atoms with Gasteiger partial charge in [-0.15, -0.1) is 11.6 Å². The first kappa shape index (κ1) is 11.3. The summed E-state index contributed by atoms with van der Waals surface area (Å²) in [6, 6.07) is 0.756. The molecule has 0 aromatic rings. The predicted octanol–water partition coefficient (Wildman–Crippen LogP) is 2.16. The van der Waals surface area contributed by atoms with Crippen LogP contribution >= 0.6 is 11.6 Å². The van der Waals surface area contributed by atoms with Crippen LogP contribution in [-0.4, -0.2) is 31.7 Å². The Morgan fingerprint density at radius 1 is 1.46 bits per heavy atom. The molecular weight excluding hydrogens is 186 g/mol. The van der Waals surface area contributed by atoms with Crippen molar-refractivity contribution < 1.29 is 4.74 Å². The molecule has 0 aromatic heterocycles. The molecule has 1 aliphatic rings. The van der Waals surface area contributed by atoms with Crippen LogP contribution in [0.3, 0.4) is 0 Å². The second-order valence-corrected chi connectivity index (χ2v) is 4.39. The zero-order valence-electron chi connectivity index (χ0n) is 8.39. The largest absolute Gasteiger partial charge is 0.383 e. The van der Waals surface area contributed by atoms with Crippen LogP contribution in [0.15, 0.2) is 0 Å². The number of methoxy groups -OCH3 is 1. The molecule has 78 valence electrons. The van der Waals surface area contributed by atoms with Gasteiger partial charge in [0.2, 0.25) is 0 Å². The van der Waals surface area contributed by atoms with E-state index in [-0.39, 0.29) is 5.38 Å². The lowest BCUT2D eigenvalue weighted by atomic mass is 10.2. The Bertz CT molecular complexity index is 126. The van der Waals surface area contributed by atoms with Crippen molar-refractivity contribution in [1.82, 2.24) is 5.32 Å². The van der Waals surface area contributed by atoms with E-state index in [4.69, 9.17) is 16.3 Å². The average Bonchev–Trinajstić information content (AvgIpc) is 2.57. The molecular formula is C10H20ClNO. The van der Waals surface area contributed by atoms with Crippen molar-refractivity contribution in [3.8, 4) is 0 Å². The summed E-state index contributed by atoms with van der Waals surface area (Å²) in [5.74, 6) is 0. The van der Waals surface area contributed by atoms with Crippen LogP contribution in [0.2, 0.25) is 0 Å². The Morgan fingerprint density at radius 2 is 2.15 bits per heavy atom. The van der Waals surface area contributed by atoms with Gasteiger partial charge in [0, 0.05) is 13.2 Å². The van der Waals surface area contributed by atoms with Crippen molar-refractivity contribution in [1.29, 1.82) is 0 Å². The fourth-order valence-electron chi connectivity index (χ4n) is 1.84. The van der Waals surface area contributed by atoms with Crippen molar-refractivity contribution in [2.24, 2.45) is 0 Å². The number of rotatable bonds is 6. The van der Waals surface area contributed by atoms with Gasteiger partial charge in [-0.05, 0) is 25.8 Å². The summed E-state index contributed by atoms with van der Waals surface area (Å²) in [5.41, 5.74) is 0. The third kappa shape index (κ3) is 4.84. The molecule has 0 saturated heterocycles. The molecule has 1 atom stereocenters. The molecule has 1 fully saturated rings. The maximum absolute atomic E-state index is 6.00. The molecule has 0 spiro atoms. The minimum Gasteiger partial charge on any atom is -0.383 e. The first-order valence-corrected chi connectivity index (χ1v) is 5.63. The highest BCUT2D eigenvalue weighted by Crippen LogP contribution is 2.17. The second-order valence-electron chi connectivity index (χ2n) is 3.78. The molecule has 2 nitrogen and oxygen atoms in total. The first-order chi connectivity index (χ1) is 6.33. The number of alkyl halides is 1. The van der Waals surface area contributed by atoms with E-state index in [0.29, 0.717) is 6.61 Å². The monoisotopic (exact) mass is 205 g/mol. The van der Waals surface area contributed by atoms with E-state index in [2.05, 4.69) is 5.32 Å². The number of nitrogens with one attached hydrogen (secondary N) is 1. The standard InChI is InChI=1S/C10H20ClNO/c1-13-8-9(11)6-7-12-10-4-2-3-5-10/h9-10,12H,2-8H2,1H3. The highest BCUT2D eigenvalue weighted by Gasteiger charge is 2.14. The van der Waals surface area contributed by atoms with E-state index in [9.17, 15) is 0 Å². The Kier molecular flexibility index (Phi) is 5.76. The molecule has 1 unspecified atom stereocenters. The highest BCUT2D eigenvalue weighted by molar-refractivity contribution is 6.20. The van der Waals surface area contributed by atoms with Crippen molar-refractivity contribution in [3.63, 3.8) is 0 Å². The van der Waals surface area contributed by atoms with Gasteiger partial charge in [0.05, 0.1) is 12.0 Å². The van der Waals surface area contributed by atoms with E-state index >= 15 is 0 Å². The predicted molar refractivity (Wildman–Crippen MR) is 56.4 cm³/mol. The van der Waals surface area contributed by atoms with Gasteiger partial charge in [0.15, 0.2) is 0 Å². The fraction of sp³-hybridized carbons (Fsp3) is 1.00. The van der Waals surface area contributed by atoms with Gasteiger partial charge in [-0.3, -0.25) is 0 Å². The third-order valence-electron chi connectivity index (χ3n) is 2.59. The highest BCUT2D eigenvalue weighted by atomic mass is 35.5. The van der Waals surface area contributed by atoms with E-state index in [1.54, 1.807) is 7.11 Å². The lowest BCUT2D eigenvalue weighted by Gasteiger charge is -2.13. The summed E-state index contributed by atoms with van der Waals surface area (Å²) in [5, 5.41) is 3.70. The minimum atomic E-state index is 0.166. The summed E-state index contributed by atoms with van der Waals surface area (Å²) < 4.78 is 4.97. The number of hydrogen-bond donors (Lipinski definition) is 1. The van der Waals surface area contributed by atoms with Crippen LogP contribution in [0.1, 0.15) is 32.1 Å². The van der Waals surface area contributed by atoms with Crippen LogP contribution in [0.5, 0.6) is 0 Å². The molecule has 0 aliphatic heterocycles. The smallest absolute Gasteiger partial charge is 0.0626 e. The Hall–Kier alpha value is 0.210. The zero-order valence-corrected chi connectivity index (χ0v) is 9.15. The molecule has 1 rings (SSSR count). The van der Waals surface area contributed by atoms with Crippen LogP contribution in [0.25, 0.3) is 0 Å². The topological polar surface area (TPSA) is 21.3 Å². The first-order valence-electron chi connectivity index (χ1n) is 5.19. The molecule has 1 saturated carbocycles. The number of hydrogen-bond acceptors (Lipinski definition) is 2. The van der Waals surface area contributed by atoms with Crippen molar-refractivity contribution in [2.75, 3.05) is 20.3 Å². The van der Waals surface area contributed by atoms with E-state index < -0.39 is 0 Å². The molecule has 0 bridgehead atoms. The average molecular weight is 206 g/mol. The van der Waals surface area contributed by atoms with Gasteiger partial charge >= 0.3 is 0 Å². The Balaban J connectivity index is 1.93. The van der Waals surface area contributed by atoms with Crippen molar-refractivity contribution in [2.45, 2.75) is 43.5 Å². The van der Waals surface area contributed by atoms with Crippen molar-refractivity contribution >= 4 is 11.6 Å². The van der Waals surface area contributed by atoms with Gasteiger partial charge in [-0.1, -0.05) is 12.8 Å². The molecule has 0 amide bonds. The zero-order chi connectivity index (χ0) is 9.52. The Labute approximate surface area is 86.0 Å². The SMILES string of the molecule is COCC(Cl)CCNC1CCCC1. The van der Waals surface area contributed by atoms with Crippen LogP contribution in [0, 0.1) is 0 Å². The maximum Gasteiger partial charge on any atom is 0.0626 e. The number of ether oxygens (including phenoxy) is 1. The van der Waals surface area contributed by atoms with E-state index in [0.717, 1.165) is 19.0 Å². The molecule has 3 heteroatoms. The van der Waals surface area contributed by atoms with Gasteiger partial charge < -0.3 is 10.1 Å². The summed E-state index contributed by atoms with van der Waals surface area (Å²) in [4.78, 5) is 0. The normalized spacial score (nSPS) is 20.8. The van der Waals surface area contributed by atoms with Gasteiger partial charge in [-0.25, -0.2) is 0 Å².